The topological polar surface area (TPSA) is 45.3 Å². The van der Waals surface area contributed by atoms with Crippen molar-refractivity contribution in [2.45, 2.75) is 19.0 Å². The minimum atomic E-state index is -0.0310. The summed E-state index contributed by atoms with van der Waals surface area (Å²) in [5.74, 6) is 1.55. The summed E-state index contributed by atoms with van der Waals surface area (Å²) in [5, 5.41) is 0. The molecule has 184 valence electrons. The van der Waals surface area contributed by atoms with Crippen molar-refractivity contribution in [2.75, 3.05) is 53.4 Å². The van der Waals surface area contributed by atoms with Crippen molar-refractivity contribution < 1.29 is 14.3 Å². The zero-order valence-electron chi connectivity index (χ0n) is 21.3. The third kappa shape index (κ3) is 5.43. The Morgan fingerprint density at radius 1 is 0.943 bits per heavy atom. The number of carbonyl (C=O) groups is 1. The van der Waals surface area contributed by atoms with Crippen molar-refractivity contribution in [3.05, 3.63) is 89.0 Å². The molecular weight excluding hydrogens is 438 g/mol. The van der Waals surface area contributed by atoms with Crippen LogP contribution in [0.2, 0.25) is 0 Å². The van der Waals surface area contributed by atoms with E-state index in [1.165, 1.54) is 5.56 Å². The summed E-state index contributed by atoms with van der Waals surface area (Å²) in [4.78, 5) is 19.5. The largest absolute Gasteiger partial charge is 0.493 e. The second-order valence-electron chi connectivity index (χ2n) is 9.25. The van der Waals surface area contributed by atoms with Crippen LogP contribution in [0.25, 0.3) is 0 Å². The highest BCUT2D eigenvalue weighted by molar-refractivity contribution is 5.78. The lowest BCUT2D eigenvalue weighted by molar-refractivity contribution is -0.132. The number of likely N-dealkylation sites (N-methyl/N-ethyl adjacent to an activating group) is 1. The van der Waals surface area contributed by atoms with Crippen molar-refractivity contribution in [2.24, 2.45) is 0 Å². The lowest BCUT2D eigenvalue weighted by Crippen LogP contribution is -2.43. The quantitative estimate of drug-likeness (QED) is 0.486. The van der Waals surface area contributed by atoms with E-state index in [1.807, 2.05) is 44.2 Å². The van der Waals surface area contributed by atoms with E-state index in [-0.39, 0.29) is 11.9 Å². The van der Waals surface area contributed by atoms with Gasteiger partial charge < -0.3 is 19.3 Å². The van der Waals surface area contributed by atoms with Crippen LogP contribution in [0.15, 0.2) is 66.7 Å². The van der Waals surface area contributed by atoms with E-state index in [4.69, 9.17) is 9.47 Å². The van der Waals surface area contributed by atoms with E-state index in [9.17, 15) is 4.79 Å². The third-order valence-electron chi connectivity index (χ3n) is 6.73. The van der Waals surface area contributed by atoms with Crippen LogP contribution in [0.5, 0.6) is 11.5 Å². The van der Waals surface area contributed by atoms with E-state index in [0.717, 1.165) is 41.1 Å². The van der Waals surface area contributed by atoms with E-state index in [2.05, 4.69) is 58.3 Å². The molecule has 0 saturated carbocycles. The van der Waals surface area contributed by atoms with Gasteiger partial charge in [0, 0.05) is 39.9 Å². The first-order valence-electron chi connectivity index (χ1n) is 11.9. The average Bonchev–Trinajstić information content (AvgIpc) is 2.88. The molecule has 0 fully saturated rings. The fourth-order valence-corrected chi connectivity index (χ4v) is 4.75. The molecule has 0 bridgehead atoms. The Morgan fingerprint density at radius 3 is 2.23 bits per heavy atom. The lowest BCUT2D eigenvalue weighted by Gasteiger charge is -2.38. The van der Waals surface area contributed by atoms with Crippen LogP contribution in [0.4, 0.5) is 5.69 Å². The summed E-state index contributed by atoms with van der Waals surface area (Å²) in [6, 6.07) is 22.8. The number of hydrogen-bond acceptors (Lipinski definition) is 5. The number of benzene rings is 3. The van der Waals surface area contributed by atoms with Crippen LogP contribution >= 0.6 is 0 Å². The summed E-state index contributed by atoms with van der Waals surface area (Å²) < 4.78 is 11.1. The van der Waals surface area contributed by atoms with Crippen LogP contribution in [0.3, 0.4) is 0 Å². The molecule has 6 heteroatoms. The molecule has 0 radical (unpaired) electrons. The number of nitrogens with zero attached hydrogens (tertiary/aromatic N) is 3. The third-order valence-corrected chi connectivity index (χ3v) is 6.73. The molecule has 1 atom stereocenters. The molecule has 0 saturated heterocycles. The van der Waals surface area contributed by atoms with Crippen LogP contribution in [0, 0.1) is 0 Å². The predicted octanol–water partition coefficient (Wildman–Crippen LogP) is 4.38. The van der Waals surface area contributed by atoms with Gasteiger partial charge in [-0.05, 0) is 52.9 Å². The van der Waals surface area contributed by atoms with E-state index in [1.54, 1.807) is 14.2 Å². The maximum Gasteiger partial charge on any atom is 0.236 e. The lowest BCUT2D eigenvalue weighted by atomic mass is 9.87. The van der Waals surface area contributed by atoms with E-state index in [0.29, 0.717) is 18.8 Å². The maximum atomic E-state index is 13.3. The number of fused-ring (bicyclic) bond motifs is 1. The van der Waals surface area contributed by atoms with Gasteiger partial charge in [0.2, 0.25) is 5.91 Å². The Labute approximate surface area is 208 Å². The molecule has 0 spiro atoms. The Morgan fingerprint density at radius 2 is 1.60 bits per heavy atom. The van der Waals surface area contributed by atoms with Gasteiger partial charge in [0.25, 0.3) is 0 Å². The van der Waals surface area contributed by atoms with E-state index >= 15 is 0 Å². The van der Waals surface area contributed by atoms with Gasteiger partial charge in [-0.15, -0.1) is 0 Å². The molecule has 35 heavy (non-hydrogen) atoms. The number of hydrogen-bond donors (Lipinski definition) is 0. The minimum Gasteiger partial charge on any atom is -0.493 e. The molecule has 6 nitrogen and oxygen atoms in total. The minimum absolute atomic E-state index is 0.0310. The maximum absolute atomic E-state index is 13.3. The average molecular weight is 474 g/mol. The number of anilines is 1. The Balaban J connectivity index is 1.57. The van der Waals surface area contributed by atoms with Crippen LogP contribution < -0.4 is 14.4 Å². The Bertz CT molecular complexity index is 1150. The number of carbonyl (C=O) groups excluding carboxylic acids is 1. The fourth-order valence-electron chi connectivity index (χ4n) is 4.75. The van der Waals surface area contributed by atoms with Crippen molar-refractivity contribution in [3.8, 4) is 11.5 Å². The smallest absolute Gasteiger partial charge is 0.236 e. The van der Waals surface area contributed by atoms with Crippen molar-refractivity contribution in [3.63, 3.8) is 0 Å². The highest BCUT2D eigenvalue weighted by atomic mass is 16.5. The molecule has 1 aliphatic heterocycles. The van der Waals surface area contributed by atoms with Gasteiger partial charge in [0.05, 0.1) is 26.8 Å². The van der Waals surface area contributed by atoms with Crippen LogP contribution in [0.1, 0.15) is 28.3 Å². The number of methoxy groups -OCH3 is 2. The van der Waals surface area contributed by atoms with Gasteiger partial charge in [0.1, 0.15) is 0 Å². The first kappa shape index (κ1) is 24.6. The molecule has 3 aromatic rings. The van der Waals surface area contributed by atoms with Gasteiger partial charge in [-0.3, -0.25) is 9.69 Å². The molecule has 0 N–H and O–H groups in total. The van der Waals surface area contributed by atoms with E-state index < -0.39 is 0 Å². The second-order valence-corrected chi connectivity index (χ2v) is 9.25. The van der Waals surface area contributed by atoms with Crippen LogP contribution in [-0.2, 0) is 17.8 Å². The van der Waals surface area contributed by atoms with Gasteiger partial charge in [-0.25, -0.2) is 0 Å². The number of rotatable bonds is 8. The molecular formula is C29H35N3O3. The molecule has 0 aliphatic carbocycles. The monoisotopic (exact) mass is 473 g/mol. The summed E-state index contributed by atoms with van der Waals surface area (Å²) in [6.07, 6.45) is 0.849. The molecule has 1 aliphatic rings. The highest BCUT2D eigenvalue weighted by Crippen LogP contribution is 2.40. The molecule has 3 aromatic carbocycles. The van der Waals surface area contributed by atoms with Gasteiger partial charge in [0.15, 0.2) is 11.5 Å². The Hall–Kier alpha value is -3.51. The van der Waals surface area contributed by atoms with Crippen molar-refractivity contribution >= 4 is 11.6 Å². The molecule has 1 heterocycles. The van der Waals surface area contributed by atoms with Crippen molar-refractivity contribution in [1.29, 1.82) is 0 Å². The Kier molecular flexibility index (Phi) is 7.61. The molecule has 0 aromatic heterocycles. The van der Waals surface area contributed by atoms with Gasteiger partial charge in [-0.2, -0.15) is 0 Å². The zero-order chi connectivity index (χ0) is 24.9. The summed E-state index contributed by atoms with van der Waals surface area (Å²) in [5.41, 5.74) is 5.82. The highest BCUT2D eigenvalue weighted by Gasteiger charge is 2.32. The number of amides is 1. The number of ether oxygens (including phenoxy) is 2. The van der Waals surface area contributed by atoms with Crippen molar-refractivity contribution in [1.82, 2.24) is 9.80 Å². The standard InChI is InChI=1S/C29H35N3O3/c1-30(2)24-13-11-21(12-14-24)19-31(3)28(33)20-32-16-15-23-17-26(34-4)27(35-5)18-25(23)29(32)22-9-7-6-8-10-22/h6-14,17-18,29H,15-16,19-20H2,1-5H3. The fraction of sp³-hybridized carbons (Fsp3) is 0.345. The molecule has 1 amide bonds. The molecule has 1 unspecified atom stereocenters. The summed E-state index contributed by atoms with van der Waals surface area (Å²) >= 11 is 0. The van der Waals surface area contributed by atoms with Gasteiger partial charge >= 0.3 is 0 Å². The zero-order valence-corrected chi connectivity index (χ0v) is 21.3. The van der Waals surface area contributed by atoms with Gasteiger partial charge in [-0.1, -0.05) is 42.5 Å². The normalized spacial score (nSPS) is 15.3. The SMILES string of the molecule is COc1cc2c(cc1OC)C(c1ccccc1)N(CC(=O)N(C)Cc1ccc(N(C)C)cc1)CC2. The van der Waals surface area contributed by atoms with Crippen LogP contribution in [-0.4, -0.2) is 64.2 Å². The first-order chi connectivity index (χ1) is 16.9. The summed E-state index contributed by atoms with van der Waals surface area (Å²) in [6.45, 7) is 1.72. The predicted molar refractivity (Wildman–Crippen MR) is 140 cm³/mol. The first-order valence-corrected chi connectivity index (χ1v) is 11.9. The molecule has 4 rings (SSSR count). The summed E-state index contributed by atoms with van der Waals surface area (Å²) in [7, 11) is 9.25. The second kappa shape index (κ2) is 10.8.